The molecule has 0 saturated carbocycles. The molecule has 106 valence electrons. The number of nitrogens with two attached hydrogens (primary N) is 1. The summed E-state index contributed by atoms with van der Waals surface area (Å²) < 4.78 is 1.48. The van der Waals surface area contributed by atoms with Crippen LogP contribution in [0.3, 0.4) is 0 Å². The lowest BCUT2D eigenvalue weighted by Crippen LogP contribution is -2.53. The number of amides is 1. The normalized spacial score (nSPS) is 15.6. The average molecular weight is 268 g/mol. The quantitative estimate of drug-likeness (QED) is 0.681. The first-order chi connectivity index (χ1) is 8.77. The molecule has 0 spiro atoms. The summed E-state index contributed by atoms with van der Waals surface area (Å²) in [6.07, 6.45) is 4.18. The second kappa shape index (κ2) is 5.83. The first kappa shape index (κ1) is 15.2. The van der Waals surface area contributed by atoms with Gasteiger partial charge in [-0.15, -0.1) is 0 Å². The Morgan fingerprint density at radius 3 is 2.68 bits per heavy atom. The van der Waals surface area contributed by atoms with E-state index in [-0.39, 0.29) is 0 Å². The van der Waals surface area contributed by atoms with E-state index in [4.69, 9.17) is 5.73 Å². The molecule has 1 amide bonds. The van der Waals surface area contributed by atoms with Crippen LogP contribution in [-0.4, -0.2) is 32.3 Å². The molecule has 2 unspecified atom stereocenters. The van der Waals surface area contributed by atoms with E-state index in [1.807, 2.05) is 6.92 Å². The topological polar surface area (TPSA) is 110 Å². The van der Waals surface area contributed by atoms with Crippen molar-refractivity contribution in [3.63, 3.8) is 0 Å². The van der Waals surface area contributed by atoms with E-state index in [9.17, 15) is 14.7 Å². The minimum Gasteiger partial charge on any atom is -0.479 e. The number of carboxylic acid groups (broad SMARTS) is 1. The SMILES string of the molecule is CCCC(C)(N)C(=O)NC(C(=O)O)c1cnn(C)c1. The van der Waals surface area contributed by atoms with Gasteiger partial charge in [0.05, 0.1) is 11.7 Å². The fraction of sp³-hybridized carbons (Fsp3) is 0.583. The first-order valence-electron chi connectivity index (χ1n) is 6.09. The van der Waals surface area contributed by atoms with Crippen LogP contribution in [0, 0.1) is 0 Å². The maximum Gasteiger partial charge on any atom is 0.331 e. The van der Waals surface area contributed by atoms with E-state index >= 15 is 0 Å². The van der Waals surface area contributed by atoms with Crippen molar-refractivity contribution in [1.29, 1.82) is 0 Å². The third-order valence-electron chi connectivity index (χ3n) is 2.87. The summed E-state index contributed by atoms with van der Waals surface area (Å²) in [6.45, 7) is 3.50. The monoisotopic (exact) mass is 268 g/mol. The van der Waals surface area contributed by atoms with Crippen molar-refractivity contribution in [2.45, 2.75) is 38.3 Å². The van der Waals surface area contributed by atoms with Gasteiger partial charge in [-0.05, 0) is 13.3 Å². The van der Waals surface area contributed by atoms with Crippen molar-refractivity contribution < 1.29 is 14.7 Å². The molecule has 0 aliphatic rings. The Balaban J connectivity index is 2.86. The molecule has 19 heavy (non-hydrogen) atoms. The maximum absolute atomic E-state index is 12.0. The number of nitrogens with zero attached hydrogens (tertiary/aromatic N) is 2. The summed E-state index contributed by atoms with van der Waals surface area (Å²) >= 11 is 0. The van der Waals surface area contributed by atoms with Crippen LogP contribution in [0.4, 0.5) is 0 Å². The van der Waals surface area contributed by atoms with Crippen LogP contribution in [0.5, 0.6) is 0 Å². The maximum atomic E-state index is 12.0. The Labute approximate surface area is 111 Å². The van der Waals surface area contributed by atoms with Gasteiger partial charge in [0.15, 0.2) is 6.04 Å². The molecule has 7 heteroatoms. The molecule has 1 rings (SSSR count). The number of nitrogens with one attached hydrogen (secondary N) is 1. The number of rotatable bonds is 6. The Kier molecular flexibility index (Phi) is 4.66. The number of carboxylic acids is 1. The van der Waals surface area contributed by atoms with Crippen LogP contribution in [-0.2, 0) is 16.6 Å². The van der Waals surface area contributed by atoms with Crippen molar-refractivity contribution in [2.24, 2.45) is 12.8 Å². The zero-order chi connectivity index (χ0) is 14.6. The molecule has 4 N–H and O–H groups in total. The largest absolute Gasteiger partial charge is 0.479 e. The molecule has 0 aromatic carbocycles. The summed E-state index contributed by atoms with van der Waals surface area (Å²) in [7, 11) is 1.67. The van der Waals surface area contributed by atoms with Crippen LogP contribution < -0.4 is 11.1 Å². The Hall–Kier alpha value is -1.89. The highest BCUT2D eigenvalue weighted by atomic mass is 16.4. The van der Waals surface area contributed by atoms with Crippen LogP contribution >= 0.6 is 0 Å². The summed E-state index contributed by atoms with van der Waals surface area (Å²) in [5, 5.41) is 15.5. The number of carbonyl (C=O) groups is 2. The lowest BCUT2D eigenvalue weighted by Gasteiger charge is -2.25. The molecule has 0 aliphatic carbocycles. The number of carbonyl (C=O) groups excluding carboxylic acids is 1. The third kappa shape index (κ3) is 3.78. The molecule has 0 saturated heterocycles. The summed E-state index contributed by atoms with van der Waals surface area (Å²) in [5.74, 6) is -1.63. The fourth-order valence-electron chi connectivity index (χ4n) is 1.81. The molecule has 0 bridgehead atoms. The first-order valence-corrected chi connectivity index (χ1v) is 6.09. The molecular weight excluding hydrogens is 248 g/mol. The molecule has 1 aromatic rings. The second-order valence-electron chi connectivity index (χ2n) is 4.86. The van der Waals surface area contributed by atoms with Gasteiger partial charge in [-0.2, -0.15) is 5.10 Å². The molecule has 1 aromatic heterocycles. The van der Waals surface area contributed by atoms with Gasteiger partial charge in [-0.3, -0.25) is 9.48 Å². The van der Waals surface area contributed by atoms with E-state index in [0.29, 0.717) is 12.0 Å². The van der Waals surface area contributed by atoms with Gasteiger partial charge >= 0.3 is 5.97 Å². The van der Waals surface area contributed by atoms with E-state index < -0.39 is 23.5 Å². The Bertz CT molecular complexity index is 467. The minimum absolute atomic E-state index is 0.413. The molecule has 0 fully saturated rings. The number of hydrogen-bond acceptors (Lipinski definition) is 4. The lowest BCUT2D eigenvalue weighted by atomic mass is 9.96. The van der Waals surface area contributed by atoms with Gasteiger partial charge in [-0.1, -0.05) is 13.3 Å². The van der Waals surface area contributed by atoms with E-state index in [2.05, 4.69) is 10.4 Å². The predicted molar refractivity (Wildman–Crippen MR) is 69.2 cm³/mol. The van der Waals surface area contributed by atoms with Gasteiger partial charge in [0.2, 0.25) is 5.91 Å². The molecule has 2 atom stereocenters. The van der Waals surface area contributed by atoms with Crippen molar-refractivity contribution in [3.05, 3.63) is 18.0 Å². The Morgan fingerprint density at radius 2 is 2.26 bits per heavy atom. The highest BCUT2D eigenvalue weighted by Crippen LogP contribution is 2.15. The van der Waals surface area contributed by atoms with Gasteiger partial charge in [-0.25, -0.2) is 4.79 Å². The lowest BCUT2D eigenvalue weighted by molar-refractivity contribution is -0.142. The van der Waals surface area contributed by atoms with Crippen LogP contribution in [0.1, 0.15) is 38.3 Å². The van der Waals surface area contributed by atoms with Crippen LogP contribution in [0.2, 0.25) is 0 Å². The summed E-state index contributed by atoms with van der Waals surface area (Å²) in [4.78, 5) is 23.3. The molecule has 0 radical (unpaired) electrons. The number of aryl methyl sites for hydroxylation is 1. The van der Waals surface area contributed by atoms with E-state index in [0.717, 1.165) is 6.42 Å². The van der Waals surface area contributed by atoms with Crippen molar-refractivity contribution >= 4 is 11.9 Å². The minimum atomic E-state index is -1.14. The predicted octanol–water partition coefficient (Wildman–Crippen LogP) is 0.180. The number of hydrogen-bond donors (Lipinski definition) is 3. The van der Waals surface area contributed by atoms with Gasteiger partial charge < -0.3 is 16.2 Å². The van der Waals surface area contributed by atoms with Gasteiger partial charge in [0.1, 0.15) is 0 Å². The van der Waals surface area contributed by atoms with Crippen LogP contribution in [0.25, 0.3) is 0 Å². The number of aliphatic carboxylic acids is 1. The average Bonchev–Trinajstić information content (AvgIpc) is 2.71. The summed E-state index contributed by atoms with van der Waals surface area (Å²) in [5.41, 5.74) is 5.21. The zero-order valence-electron chi connectivity index (χ0n) is 11.4. The second-order valence-corrected chi connectivity index (χ2v) is 4.86. The van der Waals surface area contributed by atoms with Crippen LogP contribution in [0.15, 0.2) is 12.4 Å². The fourth-order valence-corrected chi connectivity index (χ4v) is 1.81. The van der Waals surface area contributed by atoms with Gasteiger partial charge in [0, 0.05) is 18.8 Å². The standard InChI is InChI=1S/C12H20N4O3/c1-4-5-12(2,13)11(19)15-9(10(17)18)8-6-14-16(3)7-8/h6-7,9H,4-5,13H2,1-3H3,(H,15,19)(H,17,18). The van der Waals surface area contributed by atoms with E-state index in [1.54, 1.807) is 20.2 Å². The third-order valence-corrected chi connectivity index (χ3v) is 2.87. The smallest absolute Gasteiger partial charge is 0.331 e. The van der Waals surface area contributed by atoms with Gasteiger partial charge in [0.25, 0.3) is 0 Å². The number of aromatic nitrogens is 2. The van der Waals surface area contributed by atoms with Crippen molar-refractivity contribution in [2.75, 3.05) is 0 Å². The molecule has 7 nitrogen and oxygen atoms in total. The highest BCUT2D eigenvalue weighted by Gasteiger charge is 2.32. The highest BCUT2D eigenvalue weighted by molar-refractivity contribution is 5.90. The van der Waals surface area contributed by atoms with Crippen molar-refractivity contribution in [3.8, 4) is 0 Å². The molecule has 1 heterocycles. The van der Waals surface area contributed by atoms with E-state index in [1.165, 1.54) is 10.9 Å². The Morgan fingerprint density at radius 1 is 1.63 bits per heavy atom. The molecule has 0 aliphatic heterocycles. The van der Waals surface area contributed by atoms with Crippen molar-refractivity contribution in [1.82, 2.24) is 15.1 Å². The summed E-state index contributed by atoms with van der Waals surface area (Å²) in [6, 6.07) is -1.14. The molecular formula is C12H20N4O3. The zero-order valence-corrected chi connectivity index (χ0v) is 11.4.